The summed E-state index contributed by atoms with van der Waals surface area (Å²) in [7, 11) is -4.53. The molecule has 0 saturated carbocycles. The van der Waals surface area contributed by atoms with Gasteiger partial charge in [-0.25, -0.2) is 25.6 Å². The second-order valence-corrected chi connectivity index (χ2v) is 10.9. The van der Waals surface area contributed by atoms with Crippen molar-refractivity contribution in [2.75, 3.05) is 13.2 Å². The van der Waals surface area contributed by atoms with Gasteiger partial charge in [0.15, 0.2) is 6.61 Å². The first-order valence-corrected chi connectivity index (χ1v) is 13.4. The summed E-state index contributed by atoms with van der Waals surface area (Å²) in [6.07, 6.45) is -7.19. The zero-order valence-corrected chi connectivity index (χ0v) is 21.8. The first-order chi connectivity index (χ1) is 19.2. The Morgan fingerprint density at radius 3 is 2.37 bits per heavy atom. The third-order valence-electron chi connectivity index (χ3n) is 6.08. The Hall–Kier alpha value is -3.65. The summed E-state index contributed by atoms with van der Waals surface area (Å²) in [4.78, 5) is -0.619. The van der Waals surface area contributed by atoms with Crippen molar-refractivity contribution in [3.63, 3.8) is 0 Å². The van der Waals surface area contributed by atoms with Crippen LogP contribution in [0.5, 0.6) is 5.75 Å². The molecule has 220 valence electrons. The molecule has 0 aliphatic carbocycles. The van der Waals surface area contributed by atoms with Gasteiger partial charge in [-0.15, -0.1) is 0 Å². The highest BCUT2D eigenvalue weighted by Gasteiger charge is 2.41. The van der Waals surface area contributed by atoms with Crippen LogP contribution in [0.15, 0.2) is 77.8 Å². The predicted molar refractivity (Wildman–Crippen MR) is 134 cm³/mol. The molecule has 4 rings (SSSR count). The van der Waals surface area contributed by atoms with Crippen LogP contribution in [0.4, 0.5) is 35.1 Å². The van der Waals surface area contributed by atoms with Crippen LogP contribution in [-0.4, -0.2) is 37.9 Å². The van der Waals surface area contributed by atoms with E-state index in [0.717, 1.165) is 34.3 Å². The van der Waals surface area contributed by atoms with Crippen molar-refractivity contribution in [3.05, 3.63) is 95.4 Å². The molecule has 1 heterocycles. The van der Waals surface area contributed by atoms with Crippen LogP contribution < -0.4 is 10.1 Å². The van der Waals surface area contributed by atoms with Crippen molar-refractivity contribution < 1.29 is 48.3 Å². The molecule has 41 heavy (non-hydrogen) atoms. The van der Waals surface area contributed by atoms with Crippen LogP contribution in [0, 0.1) is 5.82 Å². The Morgan fingerprint density at radius 2 is 1.66 bits per heavy atom. The van der Waals surface area contributed by atoms with Gasteiger partial charge in [0.1, 0.15) is 11.6 Å². The topological polar surface area (TPSA) is 60.3 Å². The van der Waals surface area contributed by atoms with E-state index in [2.05, 4.69) is 5.32 Å². The molecule has 0 saturated heterocycles. The van der Waals surface area contributed by atoms with Crippen LogP contribution in [0.1, 0.15) is 16.7 Å². The fraction of sp³-hybridized carbons (Fsp3) is 0.259. The molecule has 1 aromatic heterocycles. The third-order valence-corrected chi connectivity index (χ3v) is 7.75. The lowest BCUT2D eigenvalue weighted by Gasteiger charge is -2.16. The maximum absolute atomic E-state index is 14.1. The van der Waals surface area contributed by atoms with Crippen molar-refractivity contribution in [1.29, 1.82) is 0 Å². The minimum absolute atomic E-state index is 0.0329. The lowest BCUT2D eigenvalue weighted by Crippen LogP contribution is -2.33. The maximum Gasteiger partial charge on any atom is 0.416 e. The summed E-state index contributed by atoms with van der Waals surface area (Å²) in [5.41, 5.74) is -0.153. The fourth-order valence-corrected chi connectivity index (χ4v) is 5.46. The molecule has 14 heteroatoms. The van der Waals surface area contributed by atoms with E-state index in [1.165, 1.54) is 30.5 Å². The van der Waals surface area contributed by atoms with Crippen LogP contribution in [0.3, 0.4) is 0 Å². The molecule has 0 bridgehead atoms. The molecule has 0 spiro atoms. The molecule has 0 radical (unpaired) electrons. The van der Waals surface area contributed by atoms with E-state index in [1.807, 2.05) is 0 Å². The van der Waals surface area contributed by atoms with Crippen molar-refractivity contribution >= 4 is 20.9 Å². The number of rotatable bonds is 11. The number of alkyl halides is 7. The monoisotopic (exact) mass is 606 g/mol. The van der Waals surface area contributed by atoms with E-state index < -0.39 is 51.4 Å². The molecule has 1 N–H and O–H groups in total. The summed E-state index contributed by atoms with van der Waals surface area (Å²) >= 11 is 0. The Morgan fingerprint density at radius 1 is 0.927 bits per heavy atom. The van der Waals surface area contributed by atoms with Gasteiger partial charge in [-0.2, -0.15) is 22.0 Å². The number of hydrogen-bond donors (Lipinski definition) is 1. The van der Waals surface area contributed by atoms with Crippen LogP contribution in [0.25, 0.3) is 10.9 Å². The highest BCUT2D eigenvalue weighted by molar-refractivity contribution is 7.90. The van der Waals surface area contributed by atoms with E-state index in [0.29, 0.717) is 22.6 Å². The predicted octanol–water partition coefficient (Wildman–Crippen LogP) is 6.65. The fourth-order valence-electron chi connectivity index (χ4n) is 4.03. The Labute approximate surface area is 229 Å². The summed E-state index contributed by atoms with van der Waals surface area (Å²) in [5, 5.41) is 3.44. The molecular formula is C27H22F8N2O3S. The van der Waals surface area contributed by atoms with E-state index in [1.54, 1.807) is 6.07 Å². The van der Waals surface area contributed by atoms with Crippen molar-refractivity contribution in [2.45, 2.75) is 36.4 Å². The number of benzene rings is 3. The highest BCUT2D eigenvalue weighted by atomic mass is 32.2. The number of nitrogens with zero attached hydrogens (tertiary/aromatic N) is 1. The maximum atomic E-state index is 14.1. The number of aromatic nitrogens is 1. The number of halogens is 8. The van der Waals surface area contributed by atoms with Gasteiger partial charge in [0, 0.05) is 18.1 Å². The lowest BCUT2D eigenvalue weighted by atomic mass is 10.1. The molecule has 0 atom stereocenters. The summed E-state index contributed by atoms with van der Waals surface area (Å²) in [6.45, 7) is -1.03. The average Bonchev–Trinajstić information content (AvgIpc) is 3.28. The van der Waals surface area contributed by atoms with Crippen LogP contribution in [-0.2, 0) is 29.2 Å². The quantitative estimate of drug-likeness (QED) is 0.154. The summed E-state index contributed by atoms with van der Waals surface area (Å²) < 4.78 is 137. The number of fused-ring (bicyclic) bond motifs is 1. The molecule has 3 aromatic carbocycles. The third kappa shape index (κ3) is 6.99. The standard InChI is InChI=1S/C27H22F8N2O3S/c28-20-7-8-23-18(9-10-36-14-17-3-1-5-21(11-17)40-16-26(31,32)25(29)30)15-37(24(23)13-20)41(38,39)22-6-2-4-19(12-22)27(33,34)35/h1-8,11-13,15,25,36H,9-10,14,16H2. The number of nitrogens with one attached hydrogen (secondary N) is 1. The van der Waals surface area contributed by atoms with Crippen LogP contribution in [0.2, 0.25) is 0 Å². The SMILES string of the molecule is O=S(=O)(c1cccc(C(F)(F)F)c1)n1cc(CCNCc2cccc(OCC(F)(F)C(F)F)c2)c2ccc(F)cc21. The zero-order valence-electron chi connectivity index (χ0n) is 20.9. The molecule has 0 aliphatic rings. The minimum atomic E-state index is -4.77. The second kappa shape index (κ2) is 11.7. The Kier molecular flexibility index (Phi) is 8.64. The van der Waals surface area contributed by atoms with E-state index in [-0.39, 0.29) is 30.8 Å². The number of ether oxygens (including phenoxy) is 1. The van der Waals surface area contributed by atoms with E-state index in [9.17, 15) is 43.5 Å². The van der Waals surface area contributed by atoms with Crippen molar-refractivity contribution in [2.24, 2.45) is 0 Å². The smallest absolute Gasteiger partial charge is 0.416 e. The molecule has 0 amide bonds. The minimum Gasteiger partial charge on any atom is -0.487 e. The first-order valence-electron chi connectivity index (χ1n) is 12.0. The normalized spacial score (nSPS) is 12.8. The van der Waals surface area contributed by atoms with Gasteiger partial charge < -0.3 is 10.1 Å². The van der Waals surface area contributed by atoms with Gasteiger partial charge >= 0.3 is 18.5 Å². The highest BCUT2D eigenvalue weighted by Crippen LogP contribution is 2.32. The van der Waals surface area contributed by atoms with Gasteiger partial charge in [0.2, 0.25) is 0 Å². The summed E-state index contributed by atoms with van der Waals surface area (Å²) in [6, 6.07) is 12.6. The molecule has 4 aromatic rings. The first kappa shape index (κ1) is 30.3. The average molecular weight is 607 g/mol. The second-order valence-electron chi connectivity index (χ2n) is 9.07. The van der Waals surface area contributed by atoms with E-state index in [4.69, 9.17) is 4.74 Å². The van der Waals surface area contributed by atoms with Gasteiger partial charge in [0.05, 0.1) is 16.0 Å². The molecule has 5 nitrogen and oxygen atoms in total. The van der Waals surface area contributed by atoms with Gasteiger partial charge in [-0.1, -0.05) is 18.2 Å². The van der Waals surface area contributed by atoms with E-state index >= 15 is 0 Å². The summed E-state index contributed by atoms with van der Waals surface area (Å²) in [5.74, 6) is -5.07. The van der Waals surface area contributed by atoms with Crippen molar-refractivity contribution in [3.8, 4) is 5.75 Å². The van der Waals surface area contributed by atoms with Crippen molar-refractivity contribution in [1.82, 2.24) is 9.29 Å². The van der Waals surface area contributed by atoms with Gasteiger partial charge in [-0.3, -0.25) is 0 Å². The molecule has 0 fully saturated rings. The number of hydrogen-bond acceptors (Lipinski definition) is 4. The van der Waals surface area contributed by atoms with Gasteiger partial charge in [0.25, 0.3) is 10.0 Å². The lowest BCUT2D eigenvalue weighted by molar-refractivity contribution is -0.148. The molecular weight excluding hydrogens is 584 g/mol. The zero-order chi connectivity index (χ0) is 30.0. The van der Waals surface area contributed by atoms with Crippen LogP contribution >= 0.6 is 0 Å². The molecule has 0 unspecified atom stereocenters. The molecule has 0 aliphatic heterocycles. The van der Waals surface area contributed by atoms with Gasteiger partial charge in [-0.05, 0) is 72.6 Å². The Bertz CT molecular complexity index is 1640. The largest absolute Gasteiger partial charge is 0.487 e. The Balaban J connectivity index is 1.49.